The number of amides is 1. The number of rotatable bonds is 2. The maximum atomic E-state index is 12.0. The zero-order chi connectivity index (χ0) is 12.5. The van der Waals surface area contributed by atoms with Crippen molar-refractivity contribution in [3.63, 3.8) is 0 Å². The van der Waals surface area contributed by atoms with E-state index in [4.69, 9.17) is 4.74 Å². The second-order valence-corrected chi connectivity index (χ2v) is 4.69. The average molecular weight is 233 g/mol. The second-order valence-electron chi connectivity index (χ2n) is 4.69. The molecule has 1 heterocycles. The van der Waals surface area contributed by atoms with Gasteiger partial charge in [-0.3, -0.25) is 9.59 Å². The summed E-state index contributed by atoms with van der Waals surface area (Å²) >= 11 is 0. The van der Waals surface area contributed by atoms with E-state index in [2.05, 4.69) is 5.32 Å². The molecule has 1 saturated heterocycles. The number of cyclic esters (lactones) is 1. The zero-order valence-corrected chi connectivity index (χ0v) is 9.90. The van der Waals surface area contributed by atoms with Crippen LogP contribution in [0.5, 0.6) is 0 Å². The van der Waals surface area contributed by atoms with Gasteiger partial charge in [0.15, 0.2) is 0 Å². The van der Waals surface area contributed by atoms with Crippen LogP contribution in [0, 0.1) is 5.92 Å². The Labute approximate surface area is 100.0 Å². The van der Waals surface area contributed by atoms with Crippen LogP contribution in [0.15, 0.2) is 30.3 Å². The van der Waals surface area contributed by atoms with Crippen LogP contribution in [-0.4, -0.2) is 17.5 Å². The average Bonchev–Trinajstić information content (AvgIpc) is 2.53. The van der Waals surface area contributed by atoms with E-state index < -0.39 is 11.5 Å². The summed E-state index contributed by atoms with van der Waals surface area (Å²) in [6.07, 6.45) is 0.145. The summed E-state index contributed by atoms with van der Waals surface area (Å²) in [5.41, 5.74) is 0.00306. The summed E-state index contributed by atoms with van der Waals surface area (Å²) in [4.78, 5) is 23.3. The third kappa shape index (κ3) is 2.46. The molecule has 0 aromatic heterocycles. The van der Waals surface area contributed by atoms with E-state index in [1.807, 2.05) is 30.3 Å². The molecule has 0 saturated carbocycles. The first-order valence-corrected chi connectivity index (χ1v) is 5.57. The van der Waals surface area contributed by atoms with Gasteiger partial charge in [-0.15, -0.1) is 0 Å². The van der Waals surface area contributed by atoms with Crippen LogP contribution in [0.2, 0.25) is 0 Å². The lowest BCUT2D eigenvalue weighted by Gasteiger charge is -2.23. The smallest absolute Gasteiger partial charge is 0.307 e. The minimum Gasteiger partial charge on any atom is -0.459 e. The lowest BCUT2D eigenvalue weighted by Crippen LogP contribution is -2.36. The molecule has 0 bridgehead atoms. The van der Waals surface area contributed by atoms with Crippen molar-refractivity contribution in [1.82, 2.24) is 0 Å². The van der Waals surface area contributed by atoms with Crippen molar-refractivity contribution in [2.75, 3.05) is 5.32 Å². The molecule has 1 unspecified atom stereocenters. The fraction of sp³-hybridized carbons (Fsp3) is 0.385. The zero-order valence-electron chi connectivity index (χ0n) is 9.90. The molecule has 17 heavy (non-hydrogen) atoms. The molecule has 1 amide bonds. The van der Waals surface area contributed by atoms with E-state index in [-0.39, 0.29) is 18.3 Å². The highest BCUT2D eigenvalue weighted by Gasteiger charge is 2.46. The highest BCUT2D eigenvalue weighted by atomic mass is 16.6. The van der Waals surface area contributed by atoms with Crippen molar-refractivity contribution in [1.29, 1.82) is 0 Å². The van der Waals surface area contributed by atoms with E-state index in [1.54, 1.807) is 13.8 Å². The normalized spacial score (nSPS) is 22.0. The van der Waals surface area contributed by atoms with Crippen molar-refractivity contribution in [2.45, 2.75) is 25.9 Å². The minimum absolute atomic E-state index is 0.145. The van der Waals surface area contributed by atoms with E-state index >= 15 is 0 Å². The van der Waals surface area contributed by atoms with Gasteiger partial charge in [-0.25, -0.2) is 0 Å². The van der Waals surface area contributed by atoms with Gasteiger partial charge in [0.1, 0.15) is 5.60 Å². The molecule has 1 aromatic carbocycles. The van der Waals surface area contributed by atoms with Gasteiger partial charge in [-0.05, 0) is 26.0 Å². The quantitative estimate of drug-likeness (QED) is 0.794. The second kappa shape index (κ2) is 4.20. The highest BCUT2D eigenvalue weighted by Crippen LogP contribution is 2.33. The summed E-state index contributed by atoms with van der Waals surface area (Å²) in [7, 11) is 0. The van der Waals surface area contributed by atoms with Crippen molar-refractivity contribution in [3.05, 3.63) is 30.3 Å². The van der Waals surface area contributed by atoms with Crippen LogP contribution >= 0.6 is 0 Å². The van der Waals surface area contributed by atoms with Gasteiger partial charge in [0.05, 0.1) is 12.3 Å². The maximum absolute atomic E-state index is 12.0. The number of anilines is 1. The van der Waals surface area contributed by atoms with Gasteiger partial charge in [0.2, 0.25) is 5.91 Å². The first-order chi connectivity index (χ1) is 7.99. The molecular formula is C13H15NO3. The molecule has 90 valence electrons. The van der Waals surface area contributed by atoms with Gasteiger partial charge >= 0.3 is 5.97 Å². The Balaban J connectivity index is 2.09. The van der Waals surface area contributed by atoms with E-state index in [1.165, 1.54) is 0 Å². The Morgan fingerprint density at radius 2 is 2.00 bits per heavy atom. The molecule has 4 heteroatoms. The van der Waals surface area contributed by atoms with Crippen LogP contribution < -0.4 is 5.32 Å². The number of hydrogen-bond acceptors (Lipinski definition) is 3. The molecule has 0 aliphatic carbocycles. The van der Waals surface area contributed by atoms with E-state index in [0.29, 0.717) is 0 Å². The van der Waals surface area contributed by atoms with Crippen LogP contribution in [-0.2, 0) is 14.3 Å². The van der Waals surface area contributed by atoms with Crippen molar-refractivity contribution in [2.24, 2.45) is 5.92 Å². The van der Waals surface area contributed by atoms with Gasteiger partial charge in [0, 0.05) is 5.69 Å². The fourth-order valence-corrected chi connectivity index (χ4v) is 1.98. The van der Waals surface area contributed by atoms with Crippen LogP contribution in [0.1, 0.15) is 20.3 Å². The number of hydrogen-bond donors (Lipinski definition) is 1. The number of nitrogens with one attached hydrogen (secondary N) is 1. The SMILES string of the molecule is CC1(C)OC(=O)CC1C(=O)Nc1ccccc1. The first-order valence-electron chi connectivity index (χ1n) is 5.57. The summed E-state index contributed by atoms with van der Waals surface area (Å²) < 4.78 is 5.12. The molecule has 2 rings (SSSR count). The van der Waals surface area contributed by atoms with Crippen LogP contribution in [0.3, 0.4) is 0 Å². The highest BCUT2D eigenvalue weighted by molar-refractivity contribution is 5.96. The number of carbonyl (C=O) groups is 2. The maximum Gasteiger partial charge on any atom is 0.307 e. The summed E-state index contributed by atoms with van der Waals surface area (Å²) in [5.74, 6) is -0.925. The van der Waals surface area contributed by atoms with Gasteiger partial charge in [-0.2, -0.15) is 0 Å². The summed E-state index contributed by atoms with van der Waals surface area (Å²) in [6.45, 7) is 3.51. The summed E-state index contributed by atoms with van der Waals surface area (Å²) in [5, 5.41) is 2.79. The monoisotopic (exact) mass is 233 g/mol. The Morgan fingerprint density at radius 1 is 1.35 bits per heavy atom. The Bertz CT molecular complexity index is 439. The lowest BCUT2D eigenvalue weighted by atomic mass is 9.90. The molecule has 1 N–H and O–H groups in total. The first kappa shape index (κ1) is 11.6. The molecule has 1 aliphatic heterocycles. The van der Waals surface area contributed by atoms with Crippen LogP contribution in [0.25, 0.3) is 0 Å². The van der Waals surface area contributed by atoms with Gasteiger partial charge < -0.3 is 10.1 Å². The molecule has 0 radical (unpaired) electrons. The molecule has 1 fully saturated rings. The molecule has 1 atom stereocenters. The number of ether oxygens (including phenoxy) is 1. The number of para-hydroxylation sites is 1. The number of benzene rings is 1. The molecule has 1 aliphatic rings. The predicted octanol–water partition coefficient (Wildman–Crippen LogP) is 1.97. The largest absolute Gasteiger partial charge is 0.459 e. The predicted molar refractivity (Wildman–Crippen MR) is 63.3 cm³/mol. The van der Waals surface area contributed by atoms with Gasteiger partial charge in [-0.1, -0.05) is 18.2 Å². The molecular weight excluding hydrogens is 218 g/mol. The Kier molecular flexibility index (Phi) is 2.88. The Morgan fingerprint density at radius 3 is 2.53 bits per heavy atom. The third-order valence-electron chi connectivity index (χ3n) is 2.94. The number of carbonyl (C=O) groups excluding carboxylic acids is 2. The van der Waals surface area contributed by atoms with Crippen molar-refractivity contribution >= 4 is 17.6 Å². The number of esters is 1. The molecule has 4 nitrogen and oxygen atoms in total. The Hall–Kier alpha value is -1.84. The van der Waals surface area contributed by atoms with E-state index in [9.17, 15) is 9.59 Å². The standard InChI is InChI=1S/C13H15NO3/c1-13(2)10(8-11(15)17-13)12(16)14-9-6-4-3-5-7-9/h3-7,10H,8H2,1-2H3,(H,14,16). The lowest BCUT2D eigenvalue weighted by molar-refractivity contribution is -0.147. The fourth-order valence-electron chi connectivity index (χ4n) is 1.98. The molecule has 1 aromatic rings. The van der Waals surface area contributed by atoms with E-state index in [0.717, 1.165) is 5.69 Å². The molecule has 0 spiro atoms. The minimum atomic E-state index is -0.726. The topological polar surface area (TPSA) is 55.4 Å². The van der Waals surface area contributed by atoms with Gasteiger partial charge in [0.25, 0.3) is 0 Å². The third-order valence-corrected chi connectivity index (χ3v) is 2.94. The van der Waals surface area contributed by atoms with Crippen molar-refractivity contribution in [3.8, 4) is 0 Å². The summed E-state index contributed by atoms with van der Waals surface area (Å²) in [6, 6.07) is 9.18. The van der Waals surface area contributed by atoms with Crippen molar-refractivity contribution < 1.29 is 14.3 Å². The van der Waals surface area contributed by atoms with Crippen LogP contribution in [0.4, 0.5) is 5.69 Å².